The van der Waals surface area contributed by atoms with Crippen molar-refractivity contribution in [3.8, 4) is 0 Å². The molecule has 0 spiro atoms. The van der Waals surface area contributed by atoms with Gasteiger partial charge in [0.25, 0.3) is 5.56 Å². The Morgan fingerprint density at radius 3 is 2.92 bits per heavy atom. The van der Waals surface area contributed by atoms with Crippen molar-refractivity contribution in [1.29, 1.82) is 0 Å². The van der Waals surface area contributed by atoms with Gasteiger partial charge in [-0.1, -0.05) is 6.07 Å². The van der Waals surface area contributed by atoms with Crippen LogP contribution in [0.1, 0.15) is 30.7 Å². The molecule has 0 amide bonds. The van der Waals surface area contributed by atoms with Gasteiger partial charge in [0.05, 0.1) is 0 Å². The summed E-state index contributed by atoms with van der Waals surface area (Å²) in [7, 11) is 0. The molecule has 0 aliphatic heterocycles. The summed E-state index contributed by atoms with van der Waals surface area (Å²) in [5.74, 6) is 0.375. The second-order valence-corrected chi connectivity index (χ2v) is 3.72. The Morgan fingerprint density at radius 1 is 1.46 bits per heavy atom. The predicted molar refractivity (Wildman–Crippen MR) is 51.6 cm³/mol. The van der Waals surface area contributed by atoms with Crippen LogP contribution in [0, 0.1) is 0 Å². The fraction of sp³-hybridized carbons (Fsp3) is 0.500. The number of H-pyrrole nitrogens is 1. The second-order valence-electron chi connectivity index (χ2n) is 3.72. The maximum atomic E-state index is 11.4. The molecule has 2 rings (SSSR count). The van der Waals surface area contributed by atoms with E-state index in [0.717, 1.165) is 24.8 Å². The molecule has 3 nitrogen and oxygen atoms in total. The molecule has 1 fully saturated rings. The zero-order valence-electron chi connectivity index (χ0n) is 7.49. The van der Waals surface area contributed by atoms with Crippen LogP contribution in [0.3, 0.4) is 0 Å². The molecule has 2 atom stereocenters. The van der Waals surface area contributed by atoms with Crippen molar-refractivity contribution in [2.45, 2.75) is 31.2 Å². The molecule has 2 unspecified atom stereocenters. The van der Waals surface area contributed by atoms with Gasteiger partial charge in [-0.2, -0.15) is 0 Å². The quantitative estimate of drug-likeness (QED) is 0.673. The van der Waals surface area contributed by atoms with Crippen LogP contribution in [0.5, 0.6) is 0 Å². The van der Waals surface area contributed by atoms with Gasteiger partial charge >= 0.3 is 0 Å². The summed E-state index contributed by atoms with van der Waals surface area (Å²) >= 11 is 0. The van der Waals surface area contributed by atoms with Crippen LogP contribution in [0.15, 0.2) is 23.1 Å². The lowest BCUT2D eigenvalue weighted by molar-refractivity contribution is 0.669. The van der Waals surface area contributed by atoms with Crippen LogP contribution in [0.2, 0.25) is 0 Å². The van der Waals surface area contributed by atoms with Gasteiger partial charge < -0.3 is 10.7 Å². The Hall–Kier alpha value is -1.09. The minimum Gasteiger partial charge on any atom is -0.329 e. The zero-order valence-corrected chi connectivity index (χ0v) is 7.49. The smallest absolute Gasteiger partial charge is 0.251 e. The fourth-order valence-corrected chi connectivity index (χ4v) is 2.05. The first-order valence-corrected chi connectivity index (χ1v) is 4.70. The summed E-state index contributed by atoms with van der Waals surface area (Å²) in [6.45, 7) is 0. The van der Waals surface area contributed by atoms with Crippen LogP contribution in [-0.4, -0.2) is 11.0 Å². The van der Waals surface area contributed by atoms with Gasteiger partial charge in [-0.25, -0.2) is 0 Å². The summed E-state index contributed by atoms with van der Waals surface area (Å²) < 4.78 is 0. The summed E-state index contributed by atoms with van der Waals surface area (Å²) in [6, 6.07) is 4.06. The molecular weight excluding hydrogens is 164 g/mol. The van der Waals surface area contributed by atoms with Gasteiger partial charge in [-0.15, -0.1) is 0 Å². The van der Waals surface area contributed by atoms with Crippen molar-refractivity contribution in [1.82, 2.24) is 4.98 Å². The minimum absolute atomic E-state index is 0.0431. The molecule has 1 heterocycles. The Balaban J connectivity index is 2.26. The Morgan fingerprint density at radius 2 is 2.31 bits per heavy atom. The molecule has 3 N–H and O–H groups in total. The summed E-state index contributed by atoms with van der Waals surface area (Å²) in [6.07, 6.45) is 4.71. The molecule has 1 saturated carbocycles. The second kappa shape index (κ2) is 3.34. The monoisotopic (exact) mass is 178 g/mol. The molecule has 3 heteroatoms. The van der Waals surface area contributed by atoms with Crippen LogP contribution in [0.25, 0.3) is 0 Å². The highest BCUT2D eigenvalue weighted by atomic mass is 16.1. The molecule has 70 valence electrons. The molecule has 1 aliphatic rings. The number of nitrogens with two attached hydrogens (primary N) is 1. The number of hydrogen-bond acceptors (Lipinski definition) is 2. The molecule has 1 aromatic rings. The molecule has 0 aromatic carbocycles. The van der Waals surface area contributed by atoms with Crippen molar-refractivity contribution < 1.29 is 0 Å². The normalized spacial score (nSPS) is 27.8. The van der Waals surface area contributed by atoms with Crippen LogP contribution in [0.4, 0.5) is 0 Å². The van der Waals surface area contributed by atoms with E-state index in [1.54, 1.807) is 6.20 Å². The first-order valence-electron chi connectivity index (χ1n) is 4.70. The standard InChI is InChI=1S/C10H14N2O/c11-8-4-3-7(6-8)9-2-1-5-12-10(9)13/h1-2,5,7-8H,3-4,6,11H2,(H,12,13). The van der Waals surface area contributed by atoms with Crippen molar-refractivity contribution in [2.75, 3.05) is 0 Å². The van der Waals surface area contributed by atoms with E-state index in [1.807, 2.05) is 12.1 Å². The Kier molecular flexibility index (Phi) is 2.19. The van der Waals surface area contributed by atoms with E-state index < -0.39 is 0 Å². The SMILES string of the molecule is NC1CCC(c2ccc[nH]c2=O)C1. The third kappa shape index (κ3) is 1.65. The van der Waals surface area contributed by atoms with Gasteiger partial charge in [-0.3, -0.25) is 4.79 Å². The predicted octanol–water partition coefficient (Wildman–Crippen LogP) is 0.970. The Labute approximate surface area is 77.0 Å². The minimum atomic E-state index is 0.0431. The first-order chi connectivity index (χ1) is 6.27. The zero-order chi connectivity index (χ0) is 9.26. The summed E-state index contributed by atoms with van der Waals surface area (Å²) in [5, 5.41) is 0. The first kappa shape index (κ1) is 8.51. The maximum absolute atomic E-state index is 11.4. The van der Waals surface area contributed by atoms with Crippen LogP contribution >= 0.6 is 0 Å². The van der Waals surface area contributed by atoms with Gasteiger partial charge in [-0.05, 0) is 31.2 Å². The highest BCUT2D eigenvalue weighted by Gasteiger charge is 2.24. The van der Waals surface area contributed by atoms with Crippen LogP contribution < -0.4 is 11.3 Å². The largest absolute Gasteiger partial charge is 0.329 e. The summed E-state index contributed by atoms with van der Waals surface area (Å²) in [5.41, 5.74) is 6.74. The van der Waals surface area contributed by atoms with E-state index in [0.29, 0.717) is 5.92 Å². The van der Waals surface area contributed by atoms with Crippen LogP contribution in [-0.2, 0) is 0 Å². The van der Waals surface area contributed by atoms with E-state index in [2.05, 4.69) is 4.98 Å². The molecule has 0 saturated heterocycles. The average molecular weight is 178 g/mol. The fourth-order valence-electron chi connectivity index (χ4n) is 2.05. The van der Waals surface area contributed by atoms with E-state index in [4.69, 9.17) is 5.73 Å². The number of nitrogens with one attached hydrogen (secondary N) is 1. The molecule has 0 bridgehead atoms. The molecule has 1 aliphatic carbocycles. The van der Waals surface area contributed by atoms with Crippen molar-refractivity contribution in [2.24, 2.45) is 5.73 Å². The molecular formula is C10H14N2O. The van der Waals surface area contributed by atoms with Crippen molar-refractivity contribution in [3.05, 3.63) is 34.2 Å². The van der Waals surface area contributed by atoms with E-state index in [-0.39, 0.29) is 11.6 Å². The molecule has 0 radical (unpaired) electrons. The van der Waals surface area contributed by atoms with Gasteiger partial charge in [0.15, 0.2) is 0 Å². The number of hydrogen-bond donors (Lipinski definition) is 2. The number of aromatic amines is 1. The number of pyridine rings is 1. The number of rotatable bonds is 1. The third-order valence-electron chi connectivity index (χ3n) is 2.76. The Bertz CT molecular complexity index is 345. The lowest BCUT2D eigenvalue weighted by atomic mass is 9.99. The lowest BCUT2D eigenvalue weighted by Crippen LogP contribution is -2.17. The highest BCUT2D eigenvalue weighted by molar-refractivity contribution is 5.16. The lowest BCUT2D eigenvalue weighted by Gasteiger charge is -2.07. The van der Waals surface area contributed by atoms with E-state index >= 15 is 0 Å². The molecule has 13 heavy (non-hydrogen) atoms. The highest BCUT2D eigenvalue weighted by Crippen LogP contribution is 2.31. The van der Waals surface area contributed by atoms with Gasteiger partial charge in [0.1, 0.15) is 0 Å². The number of aromatic nitrogens is 1. The van der Waals surface area contributed by atoms with Gasteiger partial charge in [0.2, 0.25) is 0 Å². The van der Waals surface area contributed by atoms with Gasteiger partial charge in [0, 0.05) is 17.8 Å². The summed E-state index contributed by atoms with van der Waals surface area (Å²) in [4.78, 5) is 14.1. The van der Waals surface area contributed by atoms with Crippen molar-refractivity contribution >= 4 is 0 Å². The molecule has 1 aromatic heterocycles. The topological polar surface area (TPSA) is 58.9 Å². The average Bonchev–Trinajstić information content (AvgIpc) is 2.53. The van der Waals surface area contributed by atoms with E-state index in [1.165, 1.54) is 0 Å². The van der Waals surface area contributed by atoms with Crippen molar-refractivity contribution in [3.63, 3.8) is 0 Å². The maximum Gasteiger partial charge on any atom is 0.251 e. The third-order valence-corrected chi connectivity index (χ3v) is 2.76. The van der Waals surface area contributed by atoms with E-state index in [9.17, 15) is 4.79 Å².